The maximum Gasteiger partial charge on any atom is 0.250 e. The van der Waals surface area contributed by atoms with Crippen LogP contribution >= 0.6 is 0 Å². The molecule has 32 heavy (non-hydrogen) atoms. The molecule has 4 N–H and O–H groups in total. The molecular weight excluding hydrogens is 411 g/mol. The Morgan fingerprint density at radius 1 is 1.31 bits per heavy atom. The van der Waals surface area contributed by atoms with Gasteiger partial charge >= 0.3 is 0 Å². The fourth-order valence-corrected chi connectivity index (χ4v) is 5.01. The fourth-order valence-electron chi connectivity index (χ4n) is 5.01. The van der Waals surface area contributed by atoms with Gasteiger partial charge in [0.25, 0.3) is 5.91 Å². The van der Waals surface area contributed by atoms with E-state index < -0.39 is 17.8 Å². The molecule has 1 aromatic carbocycles. The average molecular weight is 443 g/mol. The number of aliphatic hydroxyl groups is 1. The highest BCUT2D eigenvalue weighted by molar-refractivity contribution is 6.00. The Balaban J connectivity index is 1.85. The first-order valence-electron chi connectivity index (χ1n) is 11.3. The molecule has 7 nitrogen and oxygen atoms in total. The van der Waals surface area contributed by atoms with Crippen LogP contribution in [0, 0.1) is 11.2 Å². The van der Waals surface area contributed by atoms with E-state index in [0.29, 0.717) is 49.1 Å². The van der Waals surface area contributed by atoms with Gasteiger partial charge in [-0.3, -0.25) is 9.59 Å². The number of rotatable bonds is 5. The van der Waals surface area contributed by atoms with Crippen molar-refractivity contribution >= 4 is 17.4 Å². The van der Waals surface area contributed by atoms with Crippen LogP contribution in [-0.4, -0.2) is 38.7 Å². The second-order valence-corrected chi connectivity index (χ2v) is 9.76. The van der Waals surface area contributed by atoms with E-state index in [1.54, 1.807) is 0 Å². The minimum Gasteiger partial charge on any atom is -0.391 e. The second-order valence-electron chi connectivity index (χ2n) is 9.76. The molecule has 1 saturated carbocycles. The Labute approximate surface area is 187 Å². The predicted molar refractivity (Wildman–Crippen MR) is 120 cm³/mol. The van der Waals surface area contributed by atoms with Crippen LogP contribution in [0.1, 0.15) is 85.0 Å². The first-order valence-corrected chi connectivity index (χ1v) is 11.3. The number of anilines is 1. The summed E-state index contributed by atoms with van der Waals surface area (Å²) in [4.78, 5) is 24.9. The molecule has 1 amide bonds. The van der Waals surface area contributed by atoms with E-state index in [4.69, 9.17) is 5.73 Å². The van der Waals surface area contributed by atoms with E-state index in [1.807, 2.05) is 20.8 Å². The van der Waals surface area contributed by atoms with Crippen molar-refractivity contribution in [1.82, 2.24) is 9.78 Å². The fraction of sp³-hybridized carbons (Fsp3) is 0.542. The minimum atomic E-state index is -0.753. The lowest BCUT2D eigenvalue weighted by atomic mass is 9.75. The van der Waals surface area contributed by atoms with Crippen molar-refractivity contribution in [2.24, 2.45) is 11.1 Å². The van der Waals surface area contributed by atoms with E-state index in [1.165, 1.54) is 16.8 Å². The number of carbonyl (C=O) groups excluding carboxylic acids is 2. The summed E-state index contributed by atoms with van der Waals surface area (Å²) in [6.07, 6.45) is 4.05. The van der Waals surface area contributed by atoms with Gasteiger partial charge in [-0.25, -0.2) is 9.07 Å². The molecule has 1 fully saturated rings. The Bertz CT molecular complexity index is 1080. The highest BCUT2D eigenvalue weighted by atomic mass is 19.1. The number of Topliss-reactive ketones (excluding diaryl/α,β-unsaturated/α-hetero) is 1. The number of aryl methyl sites for hydroxylation is 1. The lowest BCUT2D eigenvalue weighted by molar-refractivity contribution is 0.0909. The number of fused-ring (bicyclic) bond motifs is 1. The number of aliphatic hydroxyl groups excluding tert-OH is 1. The van der Waals surface area contributed by atoms with Crippen molar-refractivity contribution in [3.05, 3.63) is 40.5 Å². The first-order chi connectivity index (χ1) is 15.1. The number of nitrogens with zero attached hydrogens (tertiary/aromatic N) is 2. The Hall–Kier alpha value is -2.74. The molecule has 2 aliphatic carbocycles. The number of aromatic nitrogens is 2. The molecule has 1 aromatic heterocycles. The third kappa shape index (κ3) is 3.92. The van der Waals surface area contributed by atoms with Crippen LogP contribution in [0.15, 0.2) is 12.1 Å². The van der Waals surface area contributed by atoms with Gasteiger partial charge in [-0.05, 0) is 43.2 Å². The molecule has 2 aromatic rings. The van der Waals surface area contributed by atoms with Crippen LogP contribution in [0.2, 0.25) is 0 Å². The smallest absolute Gasteiger partial charge is 0.250 e. The van der Waals surface area contributed by atoms with Gasteiger partial charge in [-0.2, -0.15) is 5.10 Å². The Morgan fingerprint density at radius 2 is 2.03 bits per heavy atom. The van der Waals surface area contributed by atoms with E-state index in [-0.39, 0.29) is 34.2 Å². The summed E-state index contributed by atoms with van der Waals surface area (Å²) >= 11 is 0. The standard InChI is InChI=1S/C24H31FN4O3/c1-4-14-20-17(11-24(2,3)12-19(20)31)29(28-14)16-10-9-13(23(26)32)22(21(16)25)27-15-7-5-6-8-18(15)30/h9-10,15,18,27,30H,4-8,11-12H2,1-3H3,(H2,26,32). The maximum absolute atomic E-state index is 15.9. The molecule has 2 atom stereocenters. The molecule has 0 spiro atoms. The number of carbonyl (C=O) groups is 2. The zero-order chi connectivity index (χ0) is 23.2. The zero-order valence-electron chi connectivity index (χ0n) is 18.9. The second kappa shape index (κ2) is 8.31. The van der Waals surface area contributed by atoms with Crippen LogP contribution in [0.3, 0.4) is 0 Å². The quantitative estimate of drug-likeness (QED) is 0.656. The number of nitrogens with one attached hydrogen (secondary N) is 1. The van der Waals surface area contributed by atoms with Crippen molar-refractivity contribution < 1.29 is 19.1 Å². The van der Waals surface area contributed by atoms with E-state index in [0.717, 1.165) is 12.8 Å². The van der Waals surface area contributed by atoms with E-state index >= 15 is 4.39 Å². The van der Waals surface area contributed by atoms with Crippen LogP contribution in [0.5, 0.6) is 0 Å². The number of halogens is 1. The topological polar surface area (TPSA) is 110 Å². The summed E-state index contributed by atoms with van der Waals surface area (Å²) in [5, 5.41) is 18.0. The van der Waals surface area contributed by atoms with Gasteiger partial charge in [-0.15, -0.1) is 0 Å². The summed E-state index contributed by atoms with van der Waals surface area (Å²) in [6.45, 7) is 5.95. The third-order valence-electron chi connectivity index (χ3n) is 6.63. The van der Waals surface area contributed by atoms with Gasteiger partial charge in [0.1, 0.15) is 5.69 Å². The Morgan fingerprint density at radius 3 is 2.69 bits per heavy atom. The molecule has 8 heteroatoms. The summed E-state index contributed by atoms with van der Waals surface area (Å²) < 4.78 is 17.4. The number of ketones is 1. The molecule has 2 unspecified atom stereocenters. The average Bonchev–Trinajstić information content (AvgIpc) is 3.08. The Kier molecular flexibility index (Phi) is 5.83. The summed E-state index contributed by atoms with van der Waals surface area (Å²) in [5.74, 6) is -1.39. The lowest BCUT2D eigenvalue weighted by Gasteiger charge is -2.31. The van der Waals surface area contributed by atoms with Crippen molar-refractivity contribution in [2.75, 3.05) is 5.32 Å². The number of hydrogen-bond acceptors (Lipinski definition) is 5. The number of benzene rings is 1. The molecule has 4 rings (SSSR count). The van der Waals surface area contributed by atoms with Crippen molar-refractivity contribution in [3.63, 3.8) is 0 Å². The lowest BCUT2D eigenvalue weighted by Crippen LogP contribution is -2.37. The van der Waals surface area contributed by atoms with Gasteiger partial charge in [-0.1, -0.05) is 33.6 Å². The molecule has 0 aliphatic heterocycles. The predicted octanol–water partition coefficient (Wildman–Crippen LogP) is 3.54. The normalized spacial score (nSPS) is 22.5. The number of hydrogen-bond donors (Lipinski definition) is 3. The van der Waals surface area contributed by atoms with Gasteiger partial charge < -0.3 is 16.2 Å². The zero-order valence-corrected chi connectivity index (χ0v) is 18.9. The van der Waals surface area contributed by atoms with Crippen LogP contribution in [0.4, 0.5) is 10.1 Å². The van der Waals surface area contributed by atoms with Crippen LogP contribution < -0.4 is 11.1 Å². The summed E-state index contributed by atoms with van der Waals surface area (Å²) in [5.41, 5.74) is 7.35. The maximum atomic E-state index is 15.9. The van der Waals surface area contributed by atoms with Crippen molar-refractivity contribution in [1.29, 1.82) is 0 Å². The van der Waals surface area contributed by atoms with Gasteiger partial charge in [0.2, 0.25) is 0 Å². The van der Waals surface area contributed by atoms with E-state index in [2.05, 4.69) is 10.4 Å². The molecule has 0 radical (unpaired) electrons. The highest BCUT2D eigenvalue weighted by Crippen LogP contribution is 2.38. The highest BCUT2D eigenvalue weighted by Gasteiger charge is 2.37. The van der Waals surface area contributed by atoms with Gasteiger partial charge in [0, 0.05) is 6.42 Å². The number of amides is 1. The molecular formula is C24H31FN4O3. The summed E-state index contributed by atoms with van der Waals surface area (Å²) in [7, 11) is 0. The van der Waals surface area contributed by atoms with Crippen LogP contribution in [0.25, 0.3) is 5.69 Å². The van der Waals surface area contributed by atoms with Crippen molar-refractivity contribution in [3.8, 4) is 5.69 Å². The first kappa shape index (κ1) is 22.5. The molecule has 1 heterocycles. The third-order valence-corrected chi connectivity index (χ3v) is 6.63. The van der Waals surface area contributed by atoms with E-state index in [9.17, 15) is 14.7 Å². The number of primary amides is 1. The van der Waals surface area contributed by atoms with Gasteiger partial charge in [0.05, 0.1) is 40.3 Å². The van der Waals surface area contributed by atoms with Crippen molar-refractivity contribution in [2.45, 2.75) is 77.9 Å². The summed E-state index contributed by atoms with van der Waals surface area (Å²) in [6, 6.07) is 2.59. The van der Waals surface area contributed by atoms with Gasteiger partial charge in [0.15, 0.2) is 11.6 Å². The largest absolute Gasteiger partial charge is 0.391 e. The monoisotopic (exact) mass is 442 g/mol. The molecule has 0 saturated heterocycles. The van der Waals surface area contributed by atoms with Crippen LogP contribution in [-0.2, 0) is 12.8 Å². The SMILES string of the molecule is CCc1nn(-c2ccc(C(N)=O)c(NC3CCCCC3O)c2F)c2c1C(=O)CC(C)(C)C2. The number of nitrogens with two attached hydrogens (primary N) is 1. The molecule has 0 bridgehead atoms. The minimum absolute atomic E-state index is 0.0235. The molecule has 2 aliphatic rings. The molecule has 172 valence electrons.